The molecule has 0 aliphatic heterocycles. The van der Waals surface area contributed by atoms with Gasteiger partial charge in [-0.05, 0) is 6.42 Å². The zero-order valence-electron chi connectivity index (χ0n) is 17.0. The van der Waals surface area contributed by atoms with Gasteiger partial charge < -0.3 is 13.3 Å². The third-order valence-corrected chi connectivity index (χ3v) is 7.07. The minimum absolute atomic E-state index is 0.767. The van der Waals surface area contributed by atoms with E-state index in [-0.39, 0.29) is 0 Å². The summed E-state index contributed by atoms with van der Waals surface area (Å²) in [6.45, 7) is 4.99. The van der Waals surface area contributed by atoms with E-state index in [0.29, 0.717) is 0 Å². The highest BCUT2D eigenvalue weighted by Gasteiger charge is 2.31. The van der Waals surface area contributed by atoms with Crippen LogP contribution in [0.3, 0.4) is 0 Å². The van der Waals surface area contributed by atoms with Crippen LogP contribution in [-0.2, 0) is 13.3 Å². The zero-order chi connectivity index (χ0) is 17.9. The molecule has 3 nitrogen and oxygen atoms in total. The van der Waals surface area contributed by atoms with Crippen molar-refractivity contribution in [1.82, 2.24) is 0 Å². The summed E-state index contributed by atoms with van der Waals surface area (Å²) in [6, 6.07) is 0. The standard InChI is InChI=1S/C20H44O3Si/c1-5-6-7-8-9-10-11-12-13-14-15-16-17-18-19-20-23-24(4,21-2)22-3/h5-20H2,1-4H3. The van der Waals surface area contributed by atoms with Gasteiger partial charge in [0.15, 0.2) is 0 Å². The second kappa shape index (κ2) is 17.9. The van der Waals surface area contributed by atoms with Crippen LogP contribution in [0.4, 0.5) is 0 Å². The highest BCUT2D eigenvalue weighted by Crippen LogP contribution is 2.14. The van der Waals surface area contributed by atoms with Gasteiger partial charge in [0.1, 0.15) is 0 Å². The van der Waals surface area contributed by atoms with E-state index in [1.165, 1.54) is 89.9 Å². The fourth-order valence-corrected chi connectivity index (χ4v) is 3.85. The number of rotatable bonds is 19. The van der Waals surface area contributed by atoms with Crippen molar-refractivity contribution in [3.63, 3.8) is 0 Å². The largest absolute Gasteiger partial charge is 0.497 e. The molecule has 0 N–H and O–H groups in total. The van der Waals surface area contributed by atoms with Crippen molar-refractivity contribution in [1.29, 1.82) is 0 Å². The molecule has 0 radical (unpaired) electrons. The van der Waals surface area contributed by atoms with E-state index in [1.807, 2.05) is 6.55 Å². The molecule has 0 atom stereocenters. The molecule has 0 bridgehead atoms. The Morgan fingerprint density at radius 3 is 1.21 bits per heavy atom. The van der Waals surface area contributed by atoms with Gasteiger partial charge in [-0.1, -0.05) is 96.8 Å². The van der Waals surface area contributed by atoms with Gasteiger partial charge in [-0.3, -0.25) is 0 Å². The van der Waals surface area contributed by atoms with Crippen molar-refractivity contribution in [3.8, 4) is 0 Å². The van der Waals surface area contributed by atoms with E-state index in [1.54, 1.807) is 14.2 Å². The molecule has 0 aromatic carbocycles. The van der Waals surface area contributed by atoms with E-state index < -0.39 is 8.80 Å². The Morgan fingerprint density at radius 2 is 0.875 bits per heavy atom. The molecule has 0 unspecified atom stereocenters. The first-order valence-corrected chi connectivity index (χ1v) is 12.6. The van der Waals surface area contributed by atoms with Gasteiger partial charge in [-0.25, -0.2) is 0 Å². The maximum absolute atomic E-state index is 5.74. The minimum Gasteiger partial charge on any atom is -0.377 e. The van der Waals surface area contributed by atoms with Gasteiger partial charge in [0.2, 0.25) is 0 Å². The molecule has 0 saturated carbocycles. The van der Waals surface area contributed by atoms with Gasteiger partial charge in [0.25, 0.3) is 0 Å². The lowest BCUT2D eigenvalue weighted by Gasteiger charge is -2.21. The zero-order valence-corrected chi connectivity index (χ0v) is 18.0. The van der Waals surface area contributed by atoms with Gasteiger partial charge in [0, 0.05) is 27.4 Å². The Hall–Kier alpha value is 0.0969. The fraction of sp³-hybridized carbons (Fsp3) is 1.00. The normalized spacial score (nSPS) is 12.0. The van der Waals surface area contributed by atoms with Crippen LogP contribution in [0.2, 0.25) is 6.55 Å². The quantitative estimate of drug-likeness (QED) is 0.189. The van der Waals surface area contributed by atoms with Crippen LogP contribution in [0.1, 0.15) is 103 Å². The Labute approximate surface area is 153 Å². The lowest BCUT2D eigenvalue weighted by molar-refractivity contribution is 0.104. The minimum atomic E-state index is -2.30. The fourth-order valence-electron chi connectivity index (χ4n) is 2.93. The molecule has 0 aromatic rings. The van der Waals surface area contributed by atoms with Crippen LogP contribution in [0.25, 0.3) is 0 Å². The van der Waals surface area contributed by atoms with E-state index >= 15 is 0 Å². The maximum Gasteiger partial charge on any atom is 0.497 e. The second-order valence-corrected chi connectivity index (χ2v) is 9.90. The number of hydrogen-bond acceptors (Lipinski definition) is 3. The molecule has 0 saturated heterocycles. The van der Waals surface area contributed by atoms with Crippen molar-refractivity contribution < 1.29 is 13.3 Å². The molecule has 0 rings (SSSR count). The van der Waals surface area contributed by atoms with E-state index in [9.17, 15) is 0 Å². The van der Waals surface area contributed by atoms with Crippen LogP contribution in [0.15, 0.2) is 0 Å². The van der Waals surface area contributed by atoms with E-state index in [2.05, 4.69) is 6.92 Å². The highest BCUT2D eigenvalue weighted by molar-refractivity contribution is 6.59. The monoisotopic (exact) mass is 360 g/mol. The van der Waals surface area contributed by atoms with Crippen LogP contribution < -0.4 is 0 Å². The Morgan fingerprint density at radius 1 is 0.542 bits per heavy atom. The summed E-state index contributed by atoms with van der Waals surface area (Å²) in [5, 5.41) is 0. The molecule has 0 amide bonds. The molecule has 4 heteroatoms. The van der Waals surface area contributed by atoms with Gasteiger partial charge in [0.05, 0.1) is 0 Å². The summed E-state index contributed by atoms with van der Waals surface area (Å²) in [7, 11) is 1.03. The van der Waals surface area contributed by atoms with Crippen LogP contribution in [0.5, 0.6) is 0 Å². The van der Waals surface area contributed by atoms with Gasteiger partial charge in [-0.15, -0.1) is 0 Å². The molecule has 0 aliphatic rings. The van der Waals surface area contributed by atoms with Crippen LogP contribution in [-0.4, -0.2) is 29.6 Å². The van der Waals surface area contributed by atoms with Crippen molar-refractivity contribution in [2.24, 2.45) is 0 Å². The lowest BCUT2D eigenvalue weighted by atomic mass is 10.0. The smallest absolute Gasteiger partial charge is 0.377 e. The summed E-state index contributed by atoms with van der Waals surface area (Å²) < 4.78 is 16.3. The van der Waals surface area contributed by atoms with Gasteiger partial charge in [-0.2, -0.15) is 0 Å². The van der Waals surface area contributed by atoms with Crippen LogP contribution in [0, 0.1) is 0 Å². The molecule has 0 aromatic heterocycles. The lowest BCUT2D eigenvalue weighted by Crippen LogP contribution is -2.40. The Bertz CT molecular complexity index is 245. The van der Waals surface area contributed by atoms with Crippen molar-refractivity contribution in [2.75, 3.05) is 20.8 Å². The summed E-state index contributed by atoms with van der Waals surface area (Å²) in [4.78, 5) is 0. The summed E-state index contributed by atoms with van der Waals surface area (Å²) >= 11 is 0. The molecular formula is C20H44O3Si. The molecule has 0 aliphatic carbocycles. The predicted octanol–water partition coefficient (Wildman–Crippen LogP) is 6.74. The first kappa shape index (κ1) is 24.1. The second-order valence-electron chi connectivity index (χ2n) is 7.07. The first-order chi connectivity index (χ1) is 11.7. The van der Waals surface area contributed by atoms with Crippen LogP contribution >= 0.6 is 0 Å². The number of unbranched alkanes of at least 4 members (excludes halogenated alkanes) is 14. The SMILES string of the molecule is CCCCCCCCCCCCCCCCCO[Si](C)(OC)OC. The van der Waals surface area contributed by atoms with E-state index in [4.69, 9.17) is 13.3 Å². The van der Waals surface area contributed by atoms with E-state index in [0.717, 1.165) is 13.0 Å². The molecule has 0 spiro atoms. The summed E-state index contributed by atoms with van der Waals surface area (Å²) in [5.41, 5.74) is 0. The average Bonchev–Trinajstić information content (AvgIpc) is 2.61. The summed E-state index contributed by atoms with van der Waals surface area (Å²) in [6.07, 6.45) is 20.8. The maximum atomic E-state index is 5.74. The predicted molar refractivity (Wildman–Crippen MR) is 107 cm³/mol. The first-order valence-electron chi connectivity index (χ1n) is 10.4. The summed E-state index contributed by atoms with van der Waals surface area (Å²) in [5.74, 6) is 0. The molecule has 146 valence electrons. The van der Waals surface area contributed by atoms with Gasteiger partial charge >= 0.3 is 8.80 Å². The molecule has 0 heterocycles. The third kappa shape index (κ3) is 15.6. The van der Waals surface area contributed by atoms with Crippen molar-refractivity contribution >= 4 is 8.80 Å². The Kier molecular flexibility index (Phi) is 18.0. The molecular weight excluding hydrogens is 316 g/mol. The van der Waals surface area contributed by atoms with Crippen molar-refractivity contribution in [2.45, 2.75) is 110 Å². The average molecular weight is 361 g/mol. The Balaban J connectivity index is 3.13. The number of hydrogen-bond donors (Lipinski definition) is 0. The topological polar surface area (TPSA) is 27.7 Å². The third-order valence-electron chi connectivity index (χ3n) is 4.85. The molecule has 24 heavy (non-hydrogen) atoms. The highest BCUT2D eigenvalue weighted by atomic mass is 28.4. The molecule has 0 fully saturated rings. The van der Waals surface area contributed by atoms with Crippen molar-refractivity contribution in [3.05, 3.63) is 0 Å².